The fourth-order valence-corrected chi connectivity index (χ4v) is 4.96. The number of nitrogens with one attached hydrogen (secondary N) is 1. The van der Waals surface area contributed by atoms with E-state index < -0.39 is 24.2 Å². The van der Waals surface area contributed by atoms with Crippen LogP contribution in [0.25, 0.3) is 22.5 Å². The van der Waals surface area contributed by atoms with Gasteiger partial charge in [0.05, 0.1) is 46.9 Å². The molecule has 45 heavy (non-hydrogen) atoms. The van der Waals surface area contributed by atoms with Crippen LogP contribution in [0.5, 0.6) is 0 Å². The van der Waals surface area contributed by atoms with Gasteiger partial charge in [0.25, 0.3) is 5.56 Å². The van der Waals surface area contributed by atoms with E-state index in [1.807, 2.05) is 19.1 Å². The number of halogens is 4. The molecule has 1 aliphatic rings. The molecular formula is C29H26ClF3N6O6. The summed E-state index contributed by atoms with van der Waals surface area (Å²) in [5.41, 5.74) is 2.92. The molecule has 4 aromatic rings. The van der Waals surface area contributed by atoms with Crippen molar-refractivity contribution in [1.82, 2.24) is 24.3 Å². The molecule has 2 bridgehead atoms. The molecule has 12 nitrogen and oxygen atoms in total. The number of alkyl halides is 3. The minimum atomic E-state index is -5.08. The minimum Gasteiger partial charge on any atom is -0.478 e. The van der Waals surface area contributed by atoms with Gasteiger partial charge in [0.1, 0.15) is 0 Å². The molecule has 0 radical (unpaired) electrons. The number of nitrogens with zero attached hydrogens (tertiary/aromatic N) is 5. The molecule has 16 heteroatoms. The standard InChI is InChI=1S/C27H25ClN6O4.C2HF3O2/c1-15-4-3-5-23(21-10-16(8-9-29-21)25-22(32-26(15)36)13-31-33(25)2)34-14-30-20(12-24(34)35)19-11-17(28)6-7-18(19)27(37)38;3-2(4,5)1(6)7/h6-15,23H,3-5H2,1-2H3,(H,32,36)(H,37,38);(H,6,7)/t15-,23+;/m1./s1. The van der Waals surface area contributed by atoms with E-state index in [0.29, 0.717) is 35.7 Å². The number of hydrogen-bond donors (Lipinski definition) is 3. The maximum atomic E-state index is 13.4. The molecular weight excluding hydrogens is 621 g/mol. The quantitative estimate of drug-likeness (QED) is 0.276. The van der Waals surface area contributed by atoms with E-state index in [1.165, 1.54) is 35.2 Å². The molecule has 0 spiro atoms. The Kier molecular flexibility index (Phi) is 9.71. The van der Waals surface area contributed by atoms with E-state index in [9.17, 15) is 32.7 Å². The zero-order valence-electron chi connectivity index (χ0n) is 23.7. The predicted molar refractivity (Wildman–Crippen MR) is 156 cm³/mol. The van der Waals surface area contributed by atoms with Gasteiger partial charge in [-0.2, -0.15) is 18.3 Å². The number of rotatable bonds is 3. The summed E-state index contributed by atoms with van der Waals surface area (Å²) in [6.07, 6.45) is 1.45. The highest BCUT2D eigenvalue weighted by atomic mass is 35.5. The zero-order valence-corrected chi connectivity index (χ0v) is 24.5. The average Bonchev–Trinajstić information content (AvgIpc) is 3.34. The number of carbonyl (C=O) groups is 3. The molecule has 4 heterocycles. The van der Waals surface area contributed by atoms with Gasteiger partial charge in [-0.25, -0.2) is 14.6 Å². The highest BCUT2D eigenvalue weighted by Gasteiger charge is 2.38. The lowest BCUT2D eigenvalue weighted by atomic mass is 9.97. The molecule has 2 atom stereocenters. The first-order valence-corrected chi connectivity index (χ1v) is 13.8. The van der Waals surface area contributed by atoms with Gasteiger partial charge in [0, 0.05) is 41.4 Å². The monoisotopic (exact) mass is 646 g/mol. The van der Waals surface area contributed by atoms with Crippen molar-refractivity contribution in [2.45, 2.75) is 38.4 Å². The van der Waals surface area contributed by atoms with Crippen molar-refractivity contribution in [3.05, 3.63) is 81.8 Å². The van der Waals surface area contributed by atoms with Gasteiger partial charge in [0.2, 0.25) is 5.91 Å². The molecule has 3 N–H and O–H groups in total. The largest absolute Gasteiger partial charge is 0.490 e. The molecule has 236 valence electrons. The number of aryl methyl sites for hydroxylation is 1. The Hall–Kier alpha value is -5.05. The fraction of sp³-hybridized carbons (Fsp3) is 0.276. The van der Waals surface area contributed by atoms with Crippen LogP contribution in [0.3, 0.4) is 0 Å². The molecule has 0 unspecified atom stereocenters. The van der Waals surface area contributed by atoms with Gasteiger partial charge >= 0.3 is 18.1 Å². The van der Waals surface area contributed by atoms with E-state index >= 15 is 0 Å². The summed E-state index contributed by atoms with van der Waals surface area (Å²) in [5, 5.41) is 24.4. The minimum absolute atomic E-state index is 0.00123. The Morgan fingerprint density at radius 2 is 1.78 bits per heavy atom. The molecule has 0 saturated heterocycles. The van der Waals surface area contributed by atoms with E-state index in [2.05, 4.69) is 20.4 Å². The molecule has 1 aliphatic heterocycles. The van der Waals surface area contributed by atoms with Crippen LogP contribution >= 0.6 is 11.6 Å². The lowest BCUT2D eigenvalue weighted by Gasteiger charge is -2.22. The van der Waals surface area contributed by atoms with Gasteiger partial charge in [-0.15, -0.1) is 0 Å². The first kappa shape index (κ1) is 32.9. The summed E-state index contributed by atoms with van der Waals surface area (Å²) >= 11 is 6.10. The molecule has 0 aliphatic carbocycles. The lowest BCUT2D eigenvalue weighted by Crippen LogP contribution is -2.27. The van der Waals surface area contributed by atoms with Crippen molar-refractivity contribution in [3.63, 3.8) is 0 Å². The maximum absolute atomic E-state index is 13.4. The lowest BCUT2D eigenvalue weighted by molar-refractivity contribution is -0.192. The van der Waals surface area contributed by atoms with Crippen molar-refractivity contribution in [1.29, 1.82) is 0 Å². The van der Waals surface area contributed by atoms with Gasteiger partial charge in [-0.1, -0.05) is 24.9 Å². The number of carboxylic acid groups (broad SMARTS) is 2. The van der Waals surface area contributed by atoms with Crippen molar-refractivity contribution >= 4 is 35.1 Å². The Morgan fingerprint density at radius 1 is 1.07 bits per heavy atom. The molecule has 0 fully saturated rings. The van der Waals surface area contributed by atoms with Crippen LogP contribution in [-0.4, -0.2) is 58.6 Å². The first-order valence-electron chi connectivity index (χ1n) is 13.4. The number of aromatic nitrogens is 5. The van der Waals surface area contributed by atoms with Crippen molar-refractivity contribution in [3.8, 4) is 22.5 Å². The number of aromatic carboxylic acids is 1. The van der Waals surface area contributed by atoms with Crippen LogP contribution in [-0.2, 0) is 16.6 Å². The number of aliphatic carboxylic acids is 1. The molecule has 0 saturated carbocycles. The number of amides is 1. The normalized spacial score (nSPS) is 16.6. The first-order chi connectivity index (χ1) is 21.2. The second kappa shape index (κ2) is 13.3. The Balaban J connectivity index is 0.000000591. The van der Waals surface area contributed by atoms with Crippen LogP contribution in [0.1, 0.15) is 48.3 Å². The fourth-order valence-electron chi connectivity index (χ4n) is 4.79. The Morgan fingerprint density at radius 3 is 2.42 bits per heavy atom. The van der Waals surface area contributed by atoms with Gasteiger partial charge in [-0.3, -0.25) is 23.8 Å². The third kappa shape index (κ3) is 7.55. The third-order valence-electron chi connectivity index (χ3n) is 7.06. The van der Waals surface area contributed by atoms with E-state index in [1.54, 1.807) is 24.1 Å². The summed E-state index contributed by atoms with van der Waals surface area (Å²) in [7, 11) is 1.80. The van der Waals surface area contributed by atoms with Crippen LogP contribution < -0.4 is 10.9 Å². The number of benzene rings is 1. The van der Waals surface area contributed by atoms with E-state index in [0.717, 1.165) is 11.3 Å². The Bertz CT molecular complexity index is 1820. The summed E-state index contributed by atoms with van der Waals surface area (Å²) in [6.45, 7) is 1.87. The zero-order chi connectivity index (χ0) is 33.1. The topological polar surface area (TPSA) is 169 Å². The average molecular weight is 647 g/mol. The second-order valence-electron chi connectivity index (χ2n) is 10.2. The van der Waals surface area contributed by atoms with Crippen LogP contribution in [0, 0.1) is 5.92 Å². The molecule has 5 rings (SSSR count). The second-order valence-corrected chi connectivity index (χ2v) is 10.6. The van der Waals surface area contributed by atoms with Crippen LogP contribution in [0.4, 0.5) is 18.9 Å². The van der Waals surface area contributed by atoms with Crippen LogP contribution in [0.2, 0.25) is 5.02 Å². The maximum Gasteiger partial charge on any atom is 0.490 e. The number of carbonyl (C=O) groups excluding carboxylic acids is 1. The number of pyridine rings is 1. The van der Waals surface area contributed by atoms with Gasteiger partial charge in [-0.05, 0) is 43.2 Å². The van der Waals surface area contributed by atoms with Gasteiger partial charge in [0.15, 0.2) is 0 Å². The van der Waals surface area contributed by atoms with Crippen molar-refractivity contribution in [2.24, 2.45) is 13.0 Å². The number of anilines is 1. The smallest absolute Gasteiger partial charge is 0.478 e. The van der Waals surface area contributed by atoms with Crippen molar-refractivity contribution in [2.75, 3.05) is 5.32 Å². The molecule has 3 aromatic heterocycles. The summed E-state index contributed by atoms with van der Waals surface area (Å²) in [4.78, 5) is 55.9. The third-order valence-corrected chi connectivity index (χ3v) is 7.29. The molecule has 1 aromatic carbocycles. The number of fused-ring (bicyclic) bond motifs is 4. The Labute approximate surface area is 258 Å². The predicted octanol–water partition coefficient (Wildman–Crippen LogP) is 5.04. The number of hydrogen-bond acceptors (Lipinski definition) is 7. The SMILES string of the molecule is C[C@@H]1CCC[C@H](n2cnc(-c3cc(Cl)ccc3C(=O)O)cc2=O)c2cc(ccn2)-c2c(cnn2C)NC1=O.O=C(O)C(F)(F)F. The van der Waals surface area contributed by atoms with E-state index in [-0.39, 0.29) is 34.2 Å². The highest BCUT2D eigenvalue weighted by molar-refractivity contribution is 6.31. The summed E-state index contributed by atoms with van der Waals surface area (Å²) < 4.78 is 34.9. The molecule has 1 amide bonds. The summed E-state index contributed by atoms with van der Waals surface area (Å²) in [5.74, 6) is -4.24. The summed E-state index contributed by atoms with van der Waals surface area (Å²) in [6, 6.07) is 8.94. The van der Waals surface area contributed by atoms with E-state index in [4.69, 9.17) is 21.5 Å². The number of carboxylic acids is 2. The van der Waals surface area contributed by atoms with Crippen molar-refractivity contribution < 1.29 is 37.8 Å². The van der Waals surface area contributed by atoms with Gasteiger partial charge < -0.3 is 15.5 Å². The van der Waals surface area contributed by atoms with Crippen LogP contribution in [0.15, 0.2) is 59.9 Å². The highest BCUT2D eigenvalue weighted by Crippen LogP contribution is 2.33.